The predicted octanol–water partition coefficient (Wildman–Crippen LogP) is 15.8. The molecule has 0 heterocycles. The maximum Gasteiger partial charge on any atom is 0.113 e. The molecular formula is C52H68Si. The second kappa shape index (κ2) is 18.8. The molecule has 0 saturated heterocycles. The first-order valence-electron chi connectivity index (χ1n) is 21.8. The van der Waals surface area contributed by atoms with Crippen LogP contribution in [0.25, 0.3) is 32.6 Å². The number of benzene rings is 4. The summed E-state index contributed by atoms with van der Waals surface area (Å²) in [5, 5.41) is 3.52. The lowest BCUT2D eigenvalue weighted by molar-refractivity contribution is 0.667. The normalized spacial score (nSPS) is 14.0. The van der Waals surface area contributed by atoms with Crippen LogP contribution >= 0.6 is 0 Å². The van der Waals surface area contributed by atoms with Gasteiger partial charge in [-0.15, -0.1) is 0 Å². The van der Waals surface area contributed by atoms with Crippen LogP contribution in [0.1, 0.15) is 151 Å². The fourth-order valence-corrected chi connectivity index (χ4v) is 13.9. The van der Waals surface area contributed by atoms with Gasteiger partial charge in [-0.2, -0.15) is 0 Å². The van der Waals surface area contributed by atoms with Gasteiger partial charge >= 0.3 is 0 Å². The standard InChI is InChI=1S/C52H68Si/c1-7-11-15-17-21-39-29-33-41(34-30-39)47-27-19-25-43-37-45(23-13-9-3)51(49(43)47)53(5,6)52-46(24-14-10-4)38-44-26-20-28-48(50(44)52)42-35-31-40(32-36-42)22-18-16-12-8-2/h19-20,25-36H,7-18,21-24,37-38H2,1-6H3. The molecule has 0 aliphatic heterocycles. The molecule has 2 aliphatic rings. The van der Waals surface area contributed by atoms with Crippen molar-refractivity contribution >= 4 is 18.5 Å². The van der Waals surface area contributed by atoms with Crippen LogP contribution in [0.15, 0.2) is 96.1 Å². The summed E-state index contributed by atoms with van der Waals surface area (Å²) < 4.78 is 0. The van der Waals surface area contributed by atoms with Gasteiger partial charge in [-0.1, -0.05) is 188 Å². The fourth-order valence-electron chi connectivity index (χ4n) is 9.61. The molecule has 0 nitrogen and oxygen atoms in total. The molecule has 53 heavy (non-hydrogen) atoms. The quantitative estimate of drug-likeness (QED) is 0.0630. The third kappa shape index (κ3) is 8.94. The lowest BCUT2D eigenvalue weighted by Crippen LogP contribution is -2.32. The highest BCUT2D eigenvalue weighted by Crippen LogP contribution is 2.53. The van der Waals surface area contributed by atoms with Crippen molar-refractivity contribution in [2.45, 2.75) is 156 Å². The Morgan fingerprint density at radius 1 is 0.415 bits per heavy atom. The Morgan fingerprint density at radius 2 is 0.811 bits per heavy atom. The lowest BCUT2D eigenvalue weighted by atomic mass is 9.95. The maximum atomic E-state index is 2.73. The van der Waals surface area contributed by atoms with Crippen molar-refractivity contribution in [3.8, 4) is 22.3 Å². The average molecular weight is 721 g/mol. The van der Waals surface area contributed by atoms with Gasteiger partial charge in [0.05, 0.1) is 0 Å². The molecule has 0 N–H and O–H groups in total. The predicted molar refractivity (Wildman–Crippen MR) is 237 cm³/mol. The van der Waals surface area contributed by atoms with Crippen LogP contribution in [0, 0.1) is 0 Å². The Bertz CT molecular complexity index is 1730. The van der Waals surface area contributed by atoms with Crippen LogP contribution < -0.4 is 0 Å². The van der Waals surface area contributed by atoms with E-state index in [-0.39, 0.29) is 0 Å². The van der Waals surface area contributed by atoms with Gasteiger partial charge in [0.1, 0.15) is 8.07 Å². The summed E-state index contributed by atoms with van der Waals surface area (Å²) in [6, 6.07) is 33.9. The molecule has 0 bridgehead atoms. The zero-order valence-electron chi connectivity index (χ0n) is 34.3. The lowest BCUT2D eigenvalue weighted by Gasteiger charge is -2.33. The first-order valence-corrected chi connectivity index (χ1v) is 24.8. The van der Waals surface area contributed by atoms with E-state index in [1.54, 1.807) is 43.8 Å². The molecule has 0 saturated carbocycles. The number of unbranched alkanes of at least 4 members (excludes halogenated alkanes) is 8. The van der Waals surface area contributed by atoms with Gasteiger partial charge < -0.3 is 0 Å². The monoisotopic (exact) mass is 721 g/mol. The van der Waals surface area contributed by atoms with E-state index < -0.39 is 8.07 Å². The van der Waals surface area contributed by atoms with Crippen molar-refractivity contribution in [2.24, 2.45) is 0 Å². The number of rotatable bonds is 20. The van der Waals surface area contributed by atoms with Crippen LogP contribution in [-0.4, -0.2) is 8.07 Å². The number of aryl methyl sites for hydroxylation is 2. The molecule has 0 aromatic heterocycles. The molecule has 0 amide bonds. The molecule has 280 valence electrons. The van der Waals surface area contributed by atoms with Gasteiger partial charge in [0.15, 0.2) is 0 Å². The summed E-state index contributed by atoms with van der Waals surface area (Å²) in [5.74, 6) is 0. The molecule has 4 aromatic carbocycles. The van der Waals surface area contributed by atoms with Crippen molar-refractivity contribution in [3.63, 3.8) is 0 Å². The highest BCUT2D eigenvalue weighted by atomic mass is 28.3. The summed E-state index contributed by atoms with van der Waals surface area (Å²) in [6.45, 7) is 14.8. The molecule has 4 aromatic rings. The topological polar surface area (TPSA) is 0 Å². The number of hydrogen-bond donors (Lipinski definition) is 0. The van der Waals surface area contributed by atoms with Crippen molar-refractivity contribution < 1.29 is 0 Å². The largest absolute Gasteiger partial charge is 0.113 e. The summed E-state index contributed by atoms with van der Waals surface area (Å²) in [7, 11) is -2.21. The Hall–Kier alpha value is -3.42. The van der Waals surface area contributed by atoms with E-state index >= 15 is 0 Å². The van der Waals surface area contributed by atoms with Crippen LogP contribution in [-0.2, 0) is 25.7 Å². The number of allylic oxidation sites excluding steroid dienone is 2. The SMILES string of the molecule is CCCCCCc1ccc(-c2cccc3c2C([Si](C)(C)C2=C(CCCC)Cc4cccc(-c5ccc(CCCCCC)cc5)c42)=C(CCCC)C3)cc1. The van der Waals surface area contributed by atoms with Crippen LogP contribution in [0.2, 0.25) is 13.1 Å². The van der Waals surface area contributed by atoms with Gasteiger partial charge in [-0.05, 0) is 130 Å². The number of hydrogen-bond acceptors (Lipinski definition) is 0. The van der Waals surface area contributed by atoms with Gasteiger partial charge in [0.2, 0.25) is 0 Å². The van der Waals surface area contributed by atoms with E-state index in [4.69, 9.17) is 0 Å². The minimum absolute atomic E-state index is 1.12. The van der Waals surface area contributed by atoms with Crippen LogP contribution in [0.5, 0.6) is 0 Å². The highest BCUT2D eigenvalue weighted by Gasteiger charge is 2.43. The second-order valence-corrected chi connectivity index (χ2v) is 21.1. The average Bonchev–Trinajstić information content (AvgIpc) is 3.76. The highest BCUT2D eigenvalue weighted by molar-refractivity contribution is 7.09. The van der Waals surface area contributed by atoms with Crippen molar-refractivity contribution in [1.82, 2.24) is 0 Å². The van der Waals surface area contributed by atoms with Crippen LogP contribution in [0.4, 0.5) is 0 Å². The summed E-state index contributed by atoms with van der Waals surface area (Å²) in [5.41, 5.74) is 18.4. The molecule has 6 rings (SSSR count). The van der Waals surface area contributed by atoms with Crippen molar-refractivity contribution in [1.29, 1.82) is 0 Å². The van der Waals surface area contributed by atoms with Gasteiger partial charge in [0, 0.05) is 0 Å². The Balaban J connectivity index is 1.43. The Kier molecular flexibility index (Phi) is 13.9. The molecule has 1 heteroatoms. The van der Waals surface area contributed by atoms with Crippen molar-refractivity contribution in [2.75, 3.05) is 0 Å². The van der Waals surface area contributed by atoms with E-state index in [0.717, 1.165) is 12.8 Å². The molecule has 0 fully saturated rings. The summed E-state index contributed by atoms with van der Waals surface area (Å²) in [6.07, 6.45) is 22.6. The van der Waals surface area contributed by atoms with E-state index in [9.17, 15) is 0 Å². The van der Waals surface area contributed by atoms with Crippen LogP contribution in [0.3, 0.4) is 0 Å². The zero-order chi connectivity index (χ0) is 37.2. The first-order chi connectivity index (χ1) is 25.9. The summed E-state index contributed by atoms with van der Waals surface area (Å²) >= 11 is 0. The number of fused-ring (bicyclic) bond motifs is 2. The molecule has 0 unspecified atom stereocenters. The molecular weight excluding hydrogens is 653 g/mol. The van der Waals surface area contributed by atoms with Crippen molar-refractivity contribution in [3.05, 3.63) is 129 Å². The first kappa shape index (κ1) is 39.3. The maximum absolute atomic E-state index is 2.73. The molecule has 2 aliphatic carbocycles. The van der Waals surface area contributed by atoms with E-state index in [2.05, 4.69) is 126 Å². The Morgan fingerprint density at radius 3 is 1.19 bits per heavy atom. The molecule has 0 atom stereocenters. The minimum Gasteiger partial charge on any atom is -0.0655 e. The summed E-state index contributed by atoms with van der Waals surface area (Å²) in [4.78, 5) is 0. The van der Waals surface area contributed by atoms with Gasteiger partial charge in [0.25, 0.3) is 0 Å². The van der Waals surface area contributed by atoms with Gasteiger partial charge in [-0.25, -0.2) is 0 Å². The third-order valence-electron chi connectivity index (χ3n) is 12.4. The Labute approximate surface area is 325 Å². The third-order valence-corrected chi connectivity index (χ3v) is 16.1. The smallest absolute Gasteiger partial charge is 0.0655 e. The zero-order valence-corrected chi connectivity index (χ0v) is 35.3. The fraction of sp³-hybridized carbons (Fsp3) is 0.462. The van der Waals surface area contributed by atoms with E-state index in [1.807, 2.05) is 0 Å². The van der Waals surface area contributed by atoms with Gasteiger partial charge in [-0.3, -0.25) is 0 Å². The minimum atomic E-state index is -2.21. The second-order valence-electron chi connectivity index (χ2n) is 16.8. The van der Waals surface area contributed by atoms with E-state index in [1.165, 1.54) is 136 Å². The van der Waals surface area contributed by atoms with E-state index in [0.29, 0.717) is 0 Å². The molecule has 0 radical (unpaired) electrons. The molecule has 0 spiro atoms.